The molecule has 152 valence electrons. The van der Waals surface area contributed by atoms with Crippen molar-refractivity contribution in [3.05, 3.63) is 29.8 Å². The summed E-state index contributed by atoms with van der Waals surface area (Å²) in [5, 5.41) is 5.70. The van der Waals surface area contributed by atoms with Gasteiger partial charge in [0.15, 0.2) is 5.54 Å². The number of urea groups is 1. The van der Waals surface area contributed by atoms with Crippen LogP contribution >= 0.6 is 0 Å². The molecular formula is C21H29N3O4. The van der Waals surface area contributed by atoms with Crippen LogP contribution in [-0.2, 0) is 15.1 Å². The highest BCUT2D eigenvalue weighted by Crippen LogP contribution is 2.40. The molecule has 28 heavy (non-hydrogen) atoms. The van der Waals surface area contributed by atoms with Crippen molar-refractivity contribution >= 4 is 17.8 Å². The summed E-state index contributed by atoms with van der Waals surface area (Å²) in [5.74, 6) is 0.508. The molecule has 7 nitrogen and oxygen atoms in total. The fourth-order valence-electron chi connectivity index (χ4n) is 3.88. The van der Waals surface area contributed by atoms with Gasteiger partial charge in [-0.1, -0.05) is 44.9 Å². The van der Waals surface area contributed by atoms with E-state index in [2.05, 4.69) is 24.5 Å². The normalized spacial score (nSPS) is 22.1. The maximum absolute atomic E-state index is 13.1. The van der Waals surface area contributed by atoms with Crippen LogP contribution < -0.4 is 15.4 Å². The van der Waals surface area contributed by atoms with Gasteiger partial charge in [-0.3, -0.25) is 14.5 Å². The van der Waals surface area contributed by atoms with Crippen LogP contribution in [0.25, 0.3) is 0 Å². The monoisotopic (exact) mass is 387 g/mol. The maximum atomic E-state index is 13.1. The first-order chi connectivity index (χ1) is 13.3. The Balaban J connectivity index is 1.64. The van der Waals surface area contributed by atoms with Crippen molar-refractivity contribution in [3.8, 4) is 5.75 Å². The number of rotatable bonds is 7. The Hall–Kier alpha value is -2.57. The Morgan fingerprint density at radius 3 is 2.75 bits per heavy atom. The van der Waals surface area contributed by atoms with Crippen LogP contribution in [0, 0.1) is 5.92 Å². The number of amides is 4. The smallest absolute Gasteiger partial charge is 0.325 e. The molecule has 3 rings (SSSR count). The molecule has 1 fully saturated rings. The van der Waals surface area contributed by atoms with Gasteiger partial charge in [0.2, 0.25) is 5.91 Å². The lowest BCUT2D eigenvalue weighted by Crippen LogP contribution is -2.48. The third kappa shape index (κ3) is 3.98. The Morgan fingerprint density at radius 2 is 2.00 bits per heavy atom. The molecular weight excluding hydrogens is 358 g/mol. The summed E-state index contributed by atoms with van der Waals surface area (Å²) in [6, 6.07) is 6.67. The van der Waals surface area contributed by atoms with E-state index >= 15 is 0 Å². The summed E-state index contributed by atoms with van der Waals surface area (Å²) in [7, 11) is 0. The van der Waals surface area contributed by atoms with Gasteiger partial charge < -0.3 is 15.4 Å². The molecule has 2 N–H and O–H groups in total. The molecule has 2 unspecified atom stereocenters. The molecule has 2 aliphatic heterocycles. The van der Waals surface area contributed by atoms with E-state index in [9.17, 15) is 14.4 Å². The molecule has 0 saturated carbocycles. The second-order valence-electron chi connectivity index (χ2n) is 8.11. The summed E-state index contributed by atoms with van der Waals surface area (Å²) >= 11 is 0. The Kier molecular flexibility index (Phi) is 5.91. The van der Waals surface area contributed by atoms with Crippen LogP contribution in [0.4, 0.5) is 4.79 Å². The lowest BCUT2D eigenvalue weighted by Gasteiger charge is -2.33. The largest absolute Gasteiger partial charge is 0.493 e. The first kappa shape index (κ1) is 20.2. The summed E-state index contributed by atoms with van der Waals surface area (Å²) in [5.41, 5.74) is -0.501. The van der Waals surface area contributed by atoms with Crippen LogP contribution in [0.5, 0.6) is 5.75 Å². The minimum absolute atomic E-state index is 0.00443. The predicted octanol–water partition coefficient (Wildman–Crippen LogP) is 2.55. The molecule has 4 amide bonds. The molecule has 0 aromatic heterocycles. The van der Waals surface area contributed by atoms with Crippen molar-refractivity contribution in [1.29, 1.82) is 0 Å². The van der Waals surface area contributed by atoms with Crippen LogP contribution in [0.3, 0.4) is 0 Å². The number of ether oxygens (including phenoxy) is 1. The van der Waals surface area contributed by atoms with Gasteiger partial charge in [0, 0.05) is 18.0 Å². The number of hydrogen-bond donors (Lipinski definition) is 2. The van der Waals surface area contributed by atoms with E-state index in [0.717, 1.165) is 24.2 Å². The van der Waals surface area contributed by atoms with E-state index in [-0.39, 0.29) is 18.5 Å². The summed E-state index contributed by atoms with van der Waals surface area (Å²) in [6.45, 7) is 6.34. The number of fused-ring (bicyclic) bond motifs is 2. The van der Waals surface area contributed by atoms with E-state index in [1.807, 2.05) is 19.1 Å². The van der Waals surface area contributed by atoms with Gasteiger partial charge in [0.1, 0.15) is 12.3 Å². The fourth-order valence-corrected chi connectivity index (χ4v) is 3.88. The Bertz CT molecular complexity index is 764. The summed E-state index contributed by atoms with van der Waals surface area (Å²) in [6.07, 6.45) is 3.36. The minimum atomic E-state index is -1.14. The maximum Gasteiger partial charge on any atom is 0.325 e. The SMILES string of the molecule is CC(C)CCCC(C)NC(=O)CN1C(=O)NC2(CCOc3ccccc32)C1=O. The van der Waals surface area contributed by atoms with Gasteiger partial charge in [-0.15, -0.1) is 0 Å². The standard InChI is InChI=1S/C21H29N3O4/c1-14(2)7-6-8-15(3)22-18(25)13-24-19(26)21(23-20(24)27)11-12-28-17-10-5-4-9-16(17)21/h4-5,9-10,14-15H,6-8,11-13H2,1-3H3,(H,22,25)(H,23,27). The Labute approximate surface area is 165 Å². The first-order valence-electron chi connectivity index (χ1n) is 9.99. The summed E-state index contributed by atoms with van der Waals surface area (Å²) in [4.78, 5) is 39.1. The zero-order valence-corrected chi connectivity index (χ0v) is 16.8. The topological polar surface area (TPSA) is 87.7 Å². The van der Waals surface area contributed by atoms with Crippen LogP contribution in [-0.4, -0.2) is 41.9 Å². The van der Waals surface area contributed by atoms with E-state index in [0.29, 0.717) is 30.3 Å². The second kappa shape index (κ2) is 8.20. The van der Waals surface area contributed by atoms with Gasteiger partial charge in [-0.2, -0.15) is 0 Å². The third-order valence-corrected chi connectivity index (χ3v) is 5.38. The number of imide groups is 1. The zero-order chi connectivity index (χ0) is 20.3. The van der Waals surface area contributed by atoms with Crippen molar-refractivity contribution in [1.82, 2.24) is 15.5 Å². The first-order valence-corrected chi connectivity index (χ1v) is 9.99. The van der Waals surface area contributed by atoms with Gasteiger partial charge in [0.05, 0.1) is 6.61 Å². The van der Waals surface area contributed by atoms with E-state index < -0.39 is 17.5 Å². The van der Waals surface area contributed by atoms with E-state index in [4.69, 9.17) is 4.74 Å². The van der Waals surface area contributed by atoms with Crippen molar-refractivity contribution in [2.45, 2.75) is 58.0 Å². The number of carbonyl (C=O) groups excluding carboxylic acids is 3. The number of carbonyl (C=O) groups is 3. The average molecular weight is 387 g/mol. The highest BCUT2D eigenvalue weighted by atomic mass is 16.5. The third-order valence-electron chi connectivity index (χ3n) is 5.38. The molecule has 1 spiro atoms. The molecule has 2 aliphatic rings. The second-order valence-corrected chi connectivity index (χ2v) is 8.11. The van der Waals surface area contributed by atoms with Crippen LogP contribution in [0.1, 0.15) is 52.0 Å². The van der Waals surface area contributed by atoms with Crippen molar-refractivity contribution in [2.75, 3.05) is 13.2 Å². The number of nitrogens with one attached hydrogen (secondary N) is 2. The van der Waals surface area contributed by atoms with Crippen molar-refractivity contribution in [3.63, 3.8) is 0 Å². The quantitative estimate of drug-likeness (QED) is 0.704. The van der Waals surface area contributed by atoms with E-state index in [1.54, 1.807) is 12.1 Å². The molecule has 2 heterocycles. The van der Waals surface area contributed by atoms with Gasteiger partial charge in [-0.05, 0) is 25.3 Å². The fraction of sp³-hybridized carbons (Fsp3) is 0.571. The number of hydrogen-bond acceptors (Lipinski definition) is 4. The predicted molar refractivity (Wildman–Crippen MR) is 105 cm³/mol. The number of para-hydroxylation sites is 1. The van der Waals surface area contributed by atoms with Gasteiger partial charge >= 0.3 is 6.03 Å². The summed E-state index contributed by atoms with van der Waals surface area (Å²) < 4.78 is 5.62. The molecule has 1 saturated heterocycles. The highest BCUT2D eigenvalue weighted by molar-refractivity contribution is 6.09. The lowest BCUT2D eigenvalue weighted by molar-refractivity contribution is -0.136. The zero-order valence-electron chi connectivity index (χ0n) is 16.8. The molecule has 1 aromatic carbocycles. The molecule has 0 aliphatic carbocycles. The van der Waals surface area contributed by atoms with Crippen LogP contribution in [0.2, 0.25) is 0 Å². The van der Waals surface area contributed by atoms with Crippen molar-refractivity contribution < 1.29 is 19.1 Å². The average Bonchev–Trinajstić information content (AvgIpc) is 2.86. The van der Waals surface area contributed by atoms with Crippen LogP contribution in [0.15, 0.2) is 24.3 Å². The molecule has 2 atom stereocenters. The van der Waals surface area contributed by atoms with Gasteiger partial charge in [-0.25, -0.2) is 4.79 Å². The number of benzene rings is 1. The molecule has 0 bridgehead atoms. The molecule has 7 heteroatoms. The Morgan fingerprint density at radius 1 is 1.25 bits per heavy atom. The number of nitrogens with zero attached hydrogens (tertiary/aromatic N) is 1. The molecule has 1 aromatic rings. The van der Waals surface area contributed by atoms with E-state index in [1.165, 1.54) is 0 Å². The lowest BCUT2D eigenvalue weighted by atomic mass is 9.84. The molecule has 0 radical (unpaired) electrons. The van der Waals surface area contributed by atoms with Gasteiger partial charge in [0.25, 0.3) is 5.91 Å². The van der Waals surface area contributed by atoms with Crippen molar-refractivity contribution in [2.24, 2.45) is 5.92 Å². The minimum Gasteiger partial charge on any atom is -0.493 e. The highest BCUT2D eigenvalue weighted by Gasteiger charge is 2.55.